The highest BCUT2D eigenvalue weighted by molar-refractivity contribution is 8.15. The number of halogens is 3. The van der Waals surface area contributed by atoms with Crippen LogP contribution in [0.2, 0.25) is 5.02 Å². The van der Waals surface area contributed by atoms with Crippen molar-refractivity contribution < 1.29 is 23.1 Å². The van der Waals surface area contributed by atoms with Crippen molar-refractivity contribution in [3.05, 3.63) is 70.2 Å². The number of ether oxygens (including phenoxy) is 1. The largest absolute Gasteiger partial charge is 0.444 e. The molecule has 1 saturated heterocycles. The van der Waals surface area contributed by atoms with Crippen molar-refractivity contribution in [2.75, 3.05) is 6.54 Å². The van der Waals surface area contributed by atoms with Gasteiger partial charge in [0.15, 0.2) is 16.8 Å². The molecule has 1 fully saturated rings. The highest BCUT2D eigenvalue weighted by Crippen LogP contribution is 2.35. The first-order valence-corrected chi connectivity index (χ1v) is 11.5. The van der Waals surface area contributed by atoms with E-state index in [2.05, 4.69) is 15.6 Å². The maximum atomic E-state index is 13.6. The van der Waals surface area contributed by atoms with Crippen molar-refractivity contribution in [3.63, 3.8) is 0 Å². The monoisotopic (exact) mass is 495 g/mol. The fourth-order valence-electron chi connectivity index (χ4n) is 3.07. The van der Waals surface area contributed by atoms with E-state index in [-0.39, 0.29) is 12.5 Å². The molecule has 6 nitrogen and oxygen atoms in total. The first-order chi connectivity index (χ1) is 15.5. The van der Waals surface area contributed by atoms with Crippen molar-refractivity contribution in [2.24, 2.45) is 4.99 Å². The smallest absolute Gasteiger partial charge is 0.407 e. The number of thioether (sulfide) groups is 1. The van der Waals surface area contributed by atoms with Crippen molar-refractivity contribution in [1.29, 1.82) is 0 Å². The zero-order valence-electron chi connectivity index (χ0n) is 18.3. The number of carbonyl (C=O) groups excluding carboxylic acids is 2. The Morgan fingerprint density at radius 2 is 1.91 bits per heavy atom. The Morgan fingerprint density at radius 1 is 1.21 bits per heavy atom. The topological polar surface area (TPSA) is 79.8 Å². The summed E-state index contributed by atoms with van der Waals surface area (Å²) in [6, 6.07) is 10.2. The van der Waals surface area contributed by atoms with E-state index in [1.54, 1.807) is 32.9 Å². The Labute approximate surface area is 200 Å². The SMILES string of the molecule is CC(C)(C)OC(=O)N[C@H](CN=C1NC(=O)C(c2ccc(F)c(F)c2)S1)Cc1ccc(Cl)cc1. The first-order valence-electron chi connectivity index (χ1n) is 10.2. The van der Waals surface area contributed by atoms with Gasteiger partial charge in [0.25, 0.3) is 0 Å². The minimum Gasteiger partial charge on any atom is -0.444 e. The third-order valence-corrected chi connectivity index (χ3v) is 5.94. The molecule has 1 aliphatic heterocycles. The van der Waals surface area contributed by atoms with Crippen LogP contribution < -0.4 is 10.6 Å². The second kappa shape index (κ2) is 10.5. The third-order valence-electron chi connectivity index (χ3n) is 4.52. The molecular formula is C23H24ClF2N3O3S. The van der Waals surface area contributed by atoms with Gasteiger partial charge in [-0.3, -0.25) is 9.79 Å². The molecular weight excluding hydrogens is 472 g/mol. The molecule has 0 aromatic heterocycles. The fraction of sp³-hybridized carbons (Fsp3) is 0.348. The molecule has 3 rings (SSSR count). The van der Waals surface area contributed by atoms with Gasteiger partial charge in [-0.1, -0.05) is 41.6 Å². The normalized spacial score (nSPS) is 18.2. The van der Waals surface area contributed by atoms with E-state index in [1.807, 2.05) is 12.1 Å². The van der Waals surface area contributed by atoms with Crippen molar-refractivity contribution in [3.8, 4) is 0 Å². The highest BCUT2D eigenvalue weighted by atomic mass is 35.5. The van der Waals surface area contributed by atoms with E-state index in [1.165, 1.54) is 6.07 Å². The van der Waals surface area contributed by atoms with Gasteiger partial charge in [-0.25, -0.2) is 13.6 Å². The van der Waals surface area contributed by atoms with Crippen LogP contribution in [0.3, 0.4) is 0 Å². The number of alkyl carbamates (subject to hydrolysis) is 1. The van der Waals surface area contributed by atoms with Crippen molar-refractivity contribution in [2.45, 2.75) is 44.1 Å². The fourth-order valence-corrected chi connectivity index (χ4v) is 4.18. The summed E-state index contributed by atoms with van der Waals surface area (Å²) in [5.41, 5.74) is 0.614. The standard InChI is InChI=1S/C23H24ClF2N3O3S/c1-23(2,3)32-22(31)28-16(10-13-4-7-15(24)8-5-13)12-27-21-29-20(30)19(33-21)14-6-9-17(25)18(26)11-14/h4-9,11,16,19H,10,12H2,1-3H3,(H,28,31)(H,27,29,30)/t16-,19?/m0/s1. The van der Waals surface area contributed by atoms with Crippen molar-refractivity contribution in [1.82, 2.24) is 10.6 Å². The number of aliphatic imine (C=N–C) groups is 1. The van der Waals surface area contributed by atoms with Gasteiger partial charge in [-0.2, -0.15) is 0 Å². The van der Waals surface area contributed by atoms with Gasteiger partial charge in [-0.05, 0) is 62.6 Å². The molecule has 0 bridgehead atoms. The number of hydrogen-bond acceptors (Lipinski definition) is 5. The number of nitrogens with zero attached hydrogens (tertiary/aromatic N) is 1. The van der Waals surface area contributed by atoms with Crippen LogP contribution in [0.1, 0.15) is 37.1 Å². The lowest BCUT2D eigenvalue weighted by molar-refractivity contribution is -0.118. The van der Waals surface area contributed by atoms with Gasteiger partial charge in [0.2, 0.25) is 5.91 Å². The summed E-state index contributed by atoms with van der Waals surface area (Å²) in [5, 5.41) is 5.66. The summed E-state index contributed by atoms with van der Waals surface area (Å²) >= 11 is 7.05. The molecule has 2 N–H and O–H groups in total. The molecule has 0 saturated carbocycles. The van der Waals surface area contributed by atoms with E-state index >= 15 is 0 Å². The quantitative estimate of drug-likeness (QED) is 0.590. The van der Waals surface area contributed by atoms with Gasteiger partial charge in [0, 0.05) is 5.02 Å². The number of benzene rings is 2. The molecule has 10 heteroatoms. The lowest BCUT2D eigenvalue weighted by Gasteiger charge is -2.23. The predicted octanol–water partition coefficient (Wildman–Crippen LogP) is 5.01. The summed E-state index contributed by atoms with van der Waals surface area (Å²) < 4.78 is 32.1. The Kier molecular flexibility index (Phi) is 7.97. The summed E-state index contributed by atoms with van der Waals surface area (Å²) in [7, 11) is 0. The van der Waals surface area contributed by atoms with E-state index in [9.17, 15) is 18.4 Å². The number of carbonyl (C=O) groups is 2. The Morgan fingerprint density at radius 3 is 2.55 bits per heavy atom. The van der Waals surface area contributed by atoms with Gasteiger partial charge in [0.05, 0.1) is 12.6 Å². The Balaban J connectivity index is 1.71. The van der Waals surface area contributed by atoms with Crippen LogP contribution >= 0.6 is 23.4 Å². The number of rotatable bonds is 6. The maximum absolute atomic E-state index is 13.6. The lowest BCUT2D eigenvalue weighted by Crippen LogP contribution is -2.42. The van der Waals surface area contributed by atoms with Crippen LogP contribution in [0, 0.1) is 11.6 Å². The van der Waals surface area contributed by atoms with E-state index in [0.29, 0.717) is 22.2 Å². The van der Waals surface area contributed by atoms with E-state index in [0.717, 1.165) is 29.5 Å². The molecule has 1 heterocycles. The maximum Gasteiger partial charge on any atom is 0.407 e. The van der Waals surface area contributed by atoms with Crippen molar-refractivity contribution >= 4 is 40.5 Å². The summed E-state index contributed by atoms with van der Waals surface area (Å²) in [5.74, 6) is -2.37. The average molecular weight is 496 g/mol. The summed E-state index contributed by atoms with van der Waals surface area (Å²) in [6.07, 6.45) is -0.122. The van der Waals surface area contributed by atoms with Gasteiger partial charge in [-0.15, -0.1) is 0 Å². The number of nitrogens with one attached hydrogen (secondary N) is 2. The van der Waals surface area contributed by atoms with Crippen LogP contribution in [0.5, 0.6) is 0 Å². The van der Waals surface area contributed by atoms with Crippen LogP contribution in [0.15, 0.2) is 47.5 Å². The molecule has 0 radical (unpaired) electrons. The predicted molar refractivity (Wildman–Crippen MR) is 125 cm³/mol. The Bertz CT molecular complexity index is 1060. The molecule has 33 heavy (non-hydrogen) atoms. The van der Waals surface area contributed by atoms with Gasteiger partial charge >= 0.3 is 6.09 Å². The van der Waals surface area contributed by atoms with Crippen LogP contribution in [0.4, 0.5) is 13.6 Å². The Hall–Kier alpha value is -2.65. The third kappa shape index (κ3) is 7.43. The molecule has 2 aromatic carbocycles. The lowest BCUT2D eigenvalue weighted by atomic mass is 10.1. The first kappa shape index (κ1) is 25.0. The number of hydrogen-bond donors (Lipinski definition) is 2. The van der Waals surface area contributed by atoms with Crippen LogP contribution in [-0.4, -0.2) is 35.4 Å². The van der Waals surface area contributed by atoms with E-state index in [4.69, 9.17) is 16.3 Å². The summed E-state index contributed by atoms with van der Waals surface area (Å²) in [6.45, 7) is 5.47. The van der Waals surface area contributed by atoms with Crippen LogP contribution in [-0.2, 0) is 16.0 Å². The number of amidine groups is 1. The molecule has 1 unspecified atom stereocenters. The zero-order valence-corrected chi connectivity index (χ0v) is 19.9. The molecule has 2 aromatic rings. The second-order valence-electron chi connectivity index (χ2n) is 8.48. The van der Waals surface area contributed by atoms with E-state index < -0.39 is 34.6 Å². The molecule has 176 valence electrons. The minimum absolute atomic E-state index is 0.162. The second-order valence-corrected chi connectivity index (χ2v) is 10.0. The zero-order chi connectivity index (χ0) is 24.2. The van der Waals surface area contributed by atoms with Crippen LogP contribution in [0.25, 0.3) is 0 Å². The molecule has 2 atom stereocenters. The molecule has 0 spiro atoms. The molecule has 2 amide bonds. The molecule has 1 aliphatic rings. The molecule has 0 aliphatic carbocycles. The van der Waals surface area contributed by atoms with Gasteiger partial charge in [0.1, 0.15) is 10.9 Å². The summed E-state index contributed by atoms with van der Waals surface area (Å²) in [4.78, 5) is 29.1. The minimum atomic E-state index is -1.02. The number of amides is 2. The average Bonchev–Trinajstić information content (AvgIpc) is 3.09. The highest BCUT2D eigenvalue weighted by Gasteiger charge is 2.32. The van der Waals surface area contributed by atoms with Gasteiger partial charge < -0.3 is 15.4 Å².